The van der Waals surface area contributed by atoms with Crippen LogP contribution in [0.2, 0.25) is 0 Å². The van der Waals surface area contributed by atoms with Crippen LogP contribution < -0.4 is 10.1 Å². The number of aromatic nitrogens is 3. The van der Waals surface area contributed by atoms with Crippen LogP contribution in [-0.2, 0) is 0 Å². The van der Waals surface area contributed by atoms with Gasteiger partial charge in [0.15, 0.2) is 0 Å². The van der Waals surface area contributed by atoms with Crippen molar-refractivity contribution in [3.05, 3.63) is 83.2 Å². The van der Waals surface area contributed by atoms with Gasteiger partial charge >= 0.3 is 0 Å². The number of hydrogen-bond acceptors (Lipinski definition) is 5. The molecular formula is C21H19FN4O2. The number of nitrogens with one attached hydrogen (secondary N) is 1. The van der Waals surface area contributed by atoms with Crippen LogP contribution in [0.3, 0.4) is 0 Å². The van der Waals surface area contributed by atoms with Gasteiger partial charge in [0, 0.05) is 41.3 Å². The average Bonchev–Trinajstić information content (AvgIpc) is 2.72. The molecule has 0 bridgehead atoms. The summed E-state index contributed by atoms with van der Waals surface area (Å²) in [6.07, 6.45) is 7.75. The van der Waals surface area contributed by atoms with E-state index in [0.29, 0.717) is 11.7 Å². The zero-order chi connectivity index (χ0) is 20.1. The van der Waals surface area contributed by atoms with Crippen molar-refractivity contribution in [2.24, 2.45) is 0 Å². The molecule has 0 saturated heterocycles. The van der Waals surface area contributed by atoms with Crippen LogP contribution in [0.15, 0.2) is 55.1 Å². The average molecular weight is 378 g/mol. The number of carbonyl (C=O) groups excluding carboxylic acids is 1. The molecule has 1 N–H and O–H groups in total. The predicted octanol–water partition coefficient (Wildman–Crippen LogP) is 4.03. The Balaban J connectivity index is 1.78. The molecule has 0 unspecified atom stereocenters. The summed E-state index contributed by atoms with van der Waals surface area (Å²) in [7, 11) is 1.57. The van der Waals surface area contributed by atoms with Crippen molar-refractivity contribution in [3.8, 4) is 5.88 Å². The molecule has 3 heterocycles. The van der Waals surface area contributed by atoms with E-state index in [1.165, 1.54) is 13.1 Å². The molecule has 0 saturated carbocycles. The van der Waals surface area contributed by atoms with Gasteiger partial charge in [-0.3, -0.25) is 9.78 Å². The number of methoxy groups -OCH3 is 1. The van der Waals surface area contributed by atoms with Crippen molar-refractivity contribution >= 4 is 17.3 Å². The molecule has 0 aliphatic heterocycles. The molecule has 1 amide bonds. The summed E-state index contributed by atoms with van der Waals surface area (Å²) in [5, 5.41) is 2.66. The first-order valence-electron chi connectivity index (χ1n) is 8.58. The normalized spacial score (nSPS) is 11.2. The summed E-state index contributed by atoms with van der Waals surface area (Å²) in [5.74, 6) is -0.0876. The SMILES string of the molecule is C/C=C(/c1ccc(NC(=O)c2cncc(F)c2C)nc1)c1ccc(OC)nc1. The number of ether oxygens (including phenoxy) is 1. The number of allylic oxidation sites excluding steroid dienone is 1. The predicted molar refractivity (Wildman–Crippen MR) is 105 cm³/mol. The first-order valence-corrected chi connectivity index (χ1v) is 8.58. The minimum Gasteiger partial charge on any atom is -0.481 e. The highest BCUT2D eigenvalue weighted by Gasteiger charge is 2.13. The van der Waals surface area contributed by atoms with Crippen LogP contribution in [0.4, 0.5) is 10.2 Å². The van der Waals surface area contributed by atoms with Crippen LogP contribution >= 0.6 is 0 Å². The van der Waals surface area contributed by atoms with E-state index in [0.717, 1.165) is 22.9 Å². The maximum atomic E-state index is 13.6. The fourth-order valence-corrected chi connectivity index (χ4v) is 2.70. The summed E-state index contributed by atoms with van der Waals surface area (Å²) in [6.45, 7) is 3.46. The molecule has 0 aliphatic carbocycles. The molecule has 142 valence electrons. The summed E-state index contributed by atoms with van der Waals surface area (Å²) in [6, 6.07) is 7.24. The second-order valence-electron chi connectivity index (χ2n) is 5.97. The van der Waals surface area contributed by atoms with Gasteiger partial charge in [-0.1, -0.05) is 6.08 Å². The molecule has 6 nitrogen and oxygen atoms in total. The first-order chi connectivity index (χ1) is 13.5. The second kappa shape index (κ2) is 8.39. The molecule has 3 rings (SSSR count). The lowest BCUT2D eigenvalue weighted by Crippen LogP contribution is -2.15. The van der Waals surface area contributed by atoms with Crippen molar-refractivity contribution in [2.45, 2.75) is 13.8 Å². The number of pyridine rings is 3. The van der Waals surface area contributed by atoms with Crippen LogP contribution in [0.25, 0.3) is 5.57 Å². The van der Waals surface area contributed by atoms with Crippen LogP contribution in [0, 0.1) is 12.7 Å². The largest absolute Gasteiger partial charge is 0.481 e. The third-order valence-corrected chi connectivity index (χ3v) is 4.26. The Morgan fingerprint density at radius 3 is 2.36 bits per heavy atom. The van der Waals surface area contributed by atoms with Crippen molar-refractivity contribution in [3.63, 3.8) is 0 Å². The number of amides is 1. The molecular weight excluding hydrogens is 359 g/mol. The molecule has 0 fully saturated rings. The summed E-state index contributed by atoms with van der Waals surface area (Å²) in [5.41, 5.74) is 3.15. The molecule has 0 atom stereocenters. The molecule has 28 heavy (non-hydrogen) atoms. The zero-order valence-electron chi connectivity index (χ0n) is 15.7. The van der Waals surface area contributed by atoms with E-state index < -0.39 is 11.7 Å². The lowest BCUT2D eigenvalue weighted by Gasteiger charge is -2.10. The Bertz CT molecular complexity index is 1020. The maximum absolute atomic E-state index is 13.6. The van der Waals surface area contributed by atoms with Gasteiger partial charge in [0.05, 0.1) is 18.9 Å². The zero-order valence-corrected chi connectivity index (χ0v) is 15.7. The molecule has 3 aromatic rings. The van der Waals surface area contributed by atoms with E-state index in [4.69, 9.17) is 4.74 Å². The number of carbonyl (C=O) groups is 1. The van der Waals surface area contributed by atoms with E-state index in [-0.39, 0.29) is 11.1 Å². The summed E-state index contributed by atoms with van der Waals surface area (Å²) in [4.78, 5) is 24.6. The Labute approximate surface area is 162 Å². The van der Waals surface area contributed by atoms with E-state index >= 15 is 0 Å². The molecule has 7 heteroatoms. The van der Waals surface area contributed by atoms with Crippen molar-refractivity contribution in [1.82, 2.24) is 15.0 Å². The van der Waals surface area contributed by atoms with E-state index in [1.807, 2.05) is 25.1 Å². The highest BCUT2D eigenvalue weighted by Crippen LogP contribution is 2.24. The second-order valence-corrected chi connectivity index (χ2v) is 5.97. The lowest BCUT2D eigenvalue weighted by atomic mass is 10.0. The lowest BCUT2D eigenvalue weighted by molar-refractivity contribution is 0.102. The number of halogens is 1. The number of nitrogens with zero attached hydrogens (tertiary/aromatic N) is 3. The molecule has 0 aromatic carbocycles. The Hall–Kier alpha value is -3.61. The fourth-order valence-electron chi connectivity index (χ4n) is 2.70. The third-order valence-electron chi connectivity index (χ3n) is 4.26. The van der Waals surface area contributed by atoms with Crippen LogP contribution in [0.5, 0.6) is 5.88 Å². The quantitative estimate of drug-likeness (QED) is 0.725. The summed E-state index contributed by atoms with van der Waals surface area (Å²) < 4.78 is 18.7. The van der Waals surface area contributed by atoms with Gasteiger partial charge in [0.25, 0.3) is 5.91 Å². The van der Waals surface area contributed by atoms with Crippen molar-refractivity contribution in [2.75, 3.05) is 12.4 Å². The Morgan fingerprint density at radius 1 is 1.07 bits per heavy atom. The molecule has 0 aliphatic rings. The van der Waals surface area contributed by atoms with Gasteiger partial charge in [0.2, 0.25) is 5.88 Å². The van der Waals surface area contributed by atoms with Crippen molar-refractivity contribution in [1.29, 1.82) is 0 Å². The monoisotopic (exact) mass is 378 g/mol. The van der Waals surface area contributed by atoms with E-state index in [1.54, 1.807) is 31.6 Å². The minimum atomic E-state index is -0.526. The molecule has 0 spiro atoms. The van der Waals surface area contributed by atoms with Gasteiger partial charge in [0.1, 0.15) is 11.6 Å². The minimum absolute atomic E-state index is 0.171. The van der Waals surface area contributed by atoms with Crippen LogP contribution in [0.1, 0.15) is 34.0 Å². The highest BCUT2D eigenvalue weighted by molar-refractivity contribution is 6.04. The van der Waals surface area contributed by atoms with Gasteiger partial charge in [-0.05, 0) is 37.6 Å². The first kappa shape index (κ1) is 19.2. The topological polar surface area (TPSA) is 77.0 Å². The van der Waals surface area contributed by atoms with Gasteiger partial charge in [-0.15, -0.1) is 0 Å². The Morgan fingerprint density at radius 2 is 1.79 bits per heavy atom. The van der Waals surface area contributed by atoms with Crippen LogP contribution in [-0.4, -0.2) is 28.0 Å². The smallest absolute Gasteiger partial charge is 0.258 e. The van der Waals surface area contributed by atoms with Gasteiger partial charge in [-0.2, -0.15) is 0 Å². The third kappa shape index (κ3) is 4.03. The number of anilines is 1. The van der Waals surface area contributed by atoms with Gasteiger partial charge < -0.3 is 10.1 Å². The number of rotatable bonds is 5. The van der Waals surface area contributed by atoms with Gasteiger partial charge in [-0.25, -0.2) is 14.4 Å². The standard InChI is InChI=1S/C21H19FN4O2/c1-4-16(15-6-8-20(28-3)25-10-15)14-5-7-19(24-9-14)26-21(27)17-11-23-12-18(22)13(17)2/h4-12H,1-3H3,(H,24,26,27)/b16-4-. The van der Waals surface area contributed by atoms with E-state index in [2.05, 4.69) is 20.3 Å². The highest BCUT2D eigenvalue weighted by atomic mass is 19.1. The van der Waals surface area contributed by atoms with E-state index in [9.17, 15) is 9.18 Å². The molecule has 3 aromatic heterocycles. The maximum Gasteiger partial charge on any atom is 0.258 e. The fraction of sp³-hybridized carbons (Fsp3) is 0.143. The summed E-state index contributed by atoms with van der Waals surface area (Å²) >= 11 is 0. The van der Waals surface area contributed by atoms with Crippen molar-refractivity contribution < 1.29 is 13.9 Å². The number of hydrogen-bond donors (Lipinski definition) is 1. The Kier molecular flexibility index (Phi) is 5.74. The molecule has 0 radical (unpaired) electrons.